The first-order chi connectivity index (χ1) is 12.0. The topological polar surface area (TPSA) is 51.0 Å². The number of benzene rings is 1. The summed E-state index contributed by atoms with van der Waals surface area (Å²) in [4.78, 5) is 25.2. The summed E-state index contributed by atoms with van der Waals surface area (Å²) in [6, 6.07) is 9.88. The fraction of sp³-hybridized carbons (Fsp3) is 0.167. The molecule has 4 rings (SSSR count). The molecule has 0 unspecified atom stereocenters. The molecule has 1 aromatic carbocycles. The van der Waals surface area contributed by atoms with Gasteiger partial charge in [0.05, 0.1) is 16.8 Å². The van der Waals surface area contributed by atoms with E-state index in [2.05, 4.69) is 9.97 Å². The number of hydrogen-bond donors (Lipinski definition) is 0. The largest absolute Gasteiger partial charge is 0.377 e. The van der Waals surface area contributed by atoms with Crippen LogP contribution < -0.4 is 15.9 Å². The Morgan fingerprint density at radius 1 is 1.20 bits per heavy atom. The normalized spacial score (nSPS) is 11.3. The number of fused-ring (bicyclic) bond motifs is 3. The highest BCUT2D eigenvalue weighted by molar-refractivity contribution is 7.25. The quantitative estimate of drug-likeness (QED) is 0.517. The van der Waals surface area contributed by atoms with Crippen molar-refractivity contribution >= 4 is 50.8 Å². The second kappa shape index (κ2) is 5.70. The van der Waals surface area contributed by atoms with Crippen LogP contribution in [0.4, 0.5) is 5.69 Å². The molecule has 0 aliphatic heterocycles. The van der Waals surface area contributed by atoms with Crippen molar-refractivity contribution in [1.29, 1.82) is 0 Å². The number of hydrogen-bond acceptors (Lipinski definition) is 5. The fourth-order valence-electron chi connectivity index (χ4n) is 2.97. The van der Waals surface area contributed by atoms with E-state index in [4.69, 9.17) is 0 Å². The van der Waals surface area contributed by atoms with E-state index in [9.17, 15) is 4.79 Å². The van der Waals surface area contributed by atoms with Gasteiger partial charge in [-0.1, -0.05) is 17.6 Å². The van der Waals surface area contributed by atoms with Crippen LogP contribution in [0.25, 0.3) is 26.1 Å². The molecule has 0 saturated heterocycles. The minimum atomic E-state index is -0.0563. The summed E-state index contributed by atoms with van der Waals surface area (Å²) < 4.78 is 2.23. The van der Waals surface area contributed by atoms with Crippen LogP contribution in [0.15, 0.2) is 41.5 Å². The lowest BCUT2D eigenvalue weighted by Gasteiger charge is -2.14. The lowest BCUT2D eigenvalue weighted by atomic mass is 9.96. The minimum absolute atomic E-state index is 0.0563. The van der Waals surface area contributed by atoms with Gasteiger partial charge in [-0.3, -0.25) is 9.36 Å². The highest BCUT2D eigenvalue weighted by atomic mass is 32.1. The van der Waals surface area contributed by atoms with Gasteiger partial charge in [-0.05, 0) is 25.1 Å². The zero-order valence-electron chi connectivity index (χ0n) is 14.6. The third-order valence-corrected chi connectivity index (χ3v) is 5.31. The molecule has 3 heterocycles. The van der Waals surface area contributed by atoms with E-state index < -0.39 is 0 Å². The van der Waals surface area contributed by atoms with E-state index in [1.54, 1.807) is 10.9 Å². The molecule has 0 N–H and O–H groups in total. The van der Waals surface area contributed by atoms with Gasteiger partial charge in [-0.15, -0.1) is 11.3 Å². The van der Waals surface area contributed by atoms with Crippen molar-refractivity contribution in [2.45, 2.75) is 6.92 Å². The third kappa shape index (κ3) is 2.51. The van der Waals surface area contributed by atoms with Gasteiger partial charge in [0.15, 0.2) is 0 Å². The Kier molecular flexibility index (Phi) is 3.61. The molecule has 7 heteroatoms. The predicted molar refractivity (Wildman–Crippen MR) is 108 cm³/mol. The Bertz CT molecular complexity index is 1160. The molecule has 4 aromatic rings. The molecule has 0 atom stereocenters. The number of rotatable bonds is 2. The van der Waals surface area contributed by atoms with E-state index in [-0.39, 0.29) is 5.56 Å². The number of nitrogens with zero attached hydrogens (tertiary/aromatic N) is 4. The second-order valence-electron chi connectivity index (χ2n) is 6.39. The first-order valence-electron chi connectivity index (χ1n) is 8.01. The average molecular weight is 348 g/mol. The number of aromatic nitrogens is 3. The molecule has 124 valence electrons. The summed E-state index contributed by atoms with van der Waals surface area (Å²) in [5.74, 6) is 0. The highest BCUT2D eigenvalue weighted by Gasteiger charge is 2.17. The maximum atomic E-state index is 13.0. The minimum Gasteiger partial charge on any atom is -0.377 e. The van der Waals surface area contributed by atoms with Gasteiger partial charge in [0.2, 0.25) is 0 Å². The highest BCUT2D eigenvalue weighted by Crippen LogP contribution is 2.36. The Morgan fingerprint density at radius 3 is 2.60 bits per heavy atom. The summed E-state index contributed by atoms with van der Waals surface area (Å²) in [5, 5.41) is 0.948. The van der Waals surface area contributed by atoms with Gasteiger partial charge in [0.25, 0.3) is 5.56 Å². The van der Waals surface area contributed by atoms with E-state index in [1.807, 2.05) is 64.1 Å². The summed E-state index contributed by atoms with van der Waals surface area (Å²) in [6.07, 6.45) is 1.61. The van der Waals surface area contributed by atoms with E-state index in [0.29, 0.717) is 4.70 Å². The fourth-order valence-corrected chi connectivity index (χ4v) is 4.09. The van der Waals surface area contributed by atoms with Crippen molar-refractivity contribution in [1.82, 2.24) is 14.5 Å². The SMILES string of the molecule is Bc1ccc(-n2cnc3c(sc4nc(C)cc(N(C)C)c43)c2=O)cc1. The van der Waals surface area contributed by atoms with Crippen LogP contribution in [-0.4, -0.2) is 36.5 Å². The lowest BCUT2D eigenvalue weighted by molar-refractivity contribution is 0.968. The number of aryl methyl sites for hydroxylation is 1. The molecule has 25 heavy (non-hydrogen) atoms. The second-order valence-corrected chi connectivity index (χ2v) is 7.39. The van der Waals surface area contributed by atoms with Crippen LogP contribution in [0.1, 0.15) is 5.69 Å². The monoisotopic (exact) mass is 348 g/mol. The molecule has 0 fully saturated rings. The van der Waals surface area contributed by atoms with Crippen LogP contribution >= 0.6 is 11.3 Å². The van der Waals surface area contributed by atoms with E-state index in [0.717, 1.165) is 38.3 Å². The van der Waals surface area contributed by atoms with Crippen molar-refractivity contribution in [3.63, 3.8) is 0 Å². The van der Waals surface area contributed by atoms with Crippen molar-refractivity contribution in [3.05, 3.63) is 52.7 Å². The number of thiophene rings is 1. The molecule has 0 aliphatic rings. The van der Waals surface area contributed by atoms with Crippen molar-refractivity contribution in [3.8, 4) is 5.69 Å². The van der Waals surface area contributed by atoms with Gasteiger partial charge in [0.1, 0.15) is 29.2 Å². The molecular weight excluding hydrogens is 331 g/mol. The Labute approximate surface area is 150 Å². The van der Waals surface area contributed by atoms with Crippen molar-refractivity contribution in [2.24, 2.45) is 0 Å². The van der Waals surface area contributed by atoms with Crippen LogP contribution in [0.5, 0.6) is 0 Å². The van der Waals surface area contributed by atoms with Gasteiger partial charge in [0, 0.05) is 19.8 Å². The smallest absolute Gasteiger partial charge is 0.275 e. The molecule has 0 bridgehead atoms. The Hall–Kier alpha value is -2.67. The molecule has 0 amide bonds. The molecule has 0 saturated carbocycles. The van der Waals surface area contributed by atoms with Gasteiger partial charge >= 0.3 is 0 Å². The molecule has 0 radical (unpaired) electrons. The Morgan fingerprint density at radius 2 is 1.92 bits per heavy atom. The standard InChI is InChI=1S/C18H17BN4OS/c1-10-8-13(22(2)3)14-15-16(25-17(14)21-10)18(24)23(9-20-15)12-6-4-11(19)5-7-12/h4-9H,19H2,1-3H3. The van der Waals surface area contributed by atoms with E-state index in [1.165, 1.54) is 11.3 Å². The average Bonchev–Trinajstić information content (AvgIpc) is 2.94. The van der Waals surface area contributed by atoms with Gasteiger partial charge in [-0.25, -0.2) is 9.97 Å². The molecule has 3 aromatic heterocycles. The first kappa shape index (κ1) is 15.8. The first-order valence-corrected chi connectivity index (χ1v) is 8.83. The number of pyridine rings is 1. The lowest BCUT2D eigenvalue weighted by Crippen LogP contribution is -2.18. The Balaban J connectivity index is 2.05. The third-order valence-electron chi connectivity index (χ3n) is 4.25. The summed E-state index contributed by atoms with van der Waals surface area (Å²) in [6.45, 7) is 1.97. The van der Waals surface area contributed by atoms with E-state index >= 15 is 0 Å². The predicted octanol–water partition coefficient (Wildman–Crippen LogP) is 1.63. The molecule has 0 spiro atoms. The van der Waals surface area contributed by atoms with Gasteiger partial charge < -0.3 is 4.90 Å². The van der Waals surface area contributed by atoms with Crippen LogP contribution in [0.3, 0.4) is 0 Å². The summed E-state index contributed by atoms with van der Waals surface area (Å²) in [7, 11) is 6.01. The van der Waals surface area contributed by atoms with Crippen LogP contribution in [-0.2, 0) is 0 Å². The maximum Gasteiger partial charge on any atom is 0.275 e. The van der Waals surface area contributed by atoms with Crippen LogP contribution in [0, 0.1) is 6.92 Å². The summed E-state index contributed by atoms with van der Waals surface area (Å²) in [5.41, 5.74) is 4.61. The van der Waals surface area contributed by atoms with Crippen molar-refractivity contribution < 1.29 is 0 Å². The van der Waals surface area contributed by atoms with Crippen molar-refractivity contribution in [2.75, 3.05) is 19.0 Å². The maximum absolute atomic E-state index is 13.0. The summed E-state index contributed by atoms with van der Waals surface area (Å²) >= 11 is 1.41. The molecular formula is C18H17BN4OS. The molecule has 5 nitrogen and oxygen atoms in total. The van der Waals surface area contributed by atoms with Crippen LogP contribution in [0.2, 0.25) is 0 Å². The number of anilines is 1. The molecule has 0 aliphatic carbocycles. The zero-order chi connectivity index (χ0) is 17.7. The van der Waals surface area contributed by atoms with Gasteiger partial charge in [-0.2, -0.15) is 0 Å². The zero-order valence-corrected chi connectivity index (χ0v) is 15.4.